The molecule has 1 aliphatic rings. The van der Waals surface area contributed by atoms with Crippen molar-refractivity contribution in [2.45, 2.75) is 45.3 Å². The van der Waals surface area contributed by atoms with E-state index in [1.54, 1.807) is 13.8 Å². The van der Waals surface area contributed by atoms with Gasteiger partial charge >= 0.3 is 12.1 Å². The molecule has 0 heterocycles. The van der Waals surface area contributed by atoms with Crippen LogP contribution in [0.5, 0.6) is 0 Å². The number of rotatable bonds is 9. The number of ether oxygens (including phenoxy) is 1. The standard InChI is InChI=1S/C25H30N2O6/c1-4-25(3,23(31)27-21(15(2)28)22(29)30)14-26-24(32)33-13-20-18-11-7-5-9-16(18)17-10-6-8-12-19(17)20/h5-12,15,20-21,28H,4,13-14H2,1-3H3,(H,26,32)(H,27,31)(H,29,30). The number of hydrogen-bond acceptors (Lipinski definition) is 5. The number of amides is 2. The zero-order valence-electron chi connectivity index (χ0n) is 19.0. The smallest absolute Gasteiger partial charge is 0.407 e. The predicted octanol–water partition coefficient (Wildman–Crippen LogP) is 2.89. The third-order valence-electron chi connectivity index (χ3n) is 6.33. The van der Waals surface area contributed by atoms with Crippen LogP contribution in [0, 0.1) is 5.41 Å². The van der Waals surface area contributed by atoms with Crippen molar-refractivity contribution in [3.05, 3.63) is 59.7 Å². The van der Waals surface area contributed by atoms with Crippen molar-refractivity contribution < 1.29 is 29.3 Å². The Morgan fingerprint density at radius 1 is 1.06 bits per heavy atom. The molecule has 176 valence electrons. The fraction of sp³-hybridized carbons (Fsp3) is 0.400. The topological polar surface area (TPSA) is 125 Å². The maximum Gasteiger partial charge on any atom is 0.407 e. The van der Waals surface area contributed by atoms with Gasteiger partial charge in [0.25, 0.3) is 0 Å². The summed E-state index contributed by atoms with van der Waals surface area (Å²) in [6.07, 6.45) is -1.58. The van der Waals surface area contributed by atoms with Gasteiger partial charge in [0.05, 0.1) is 11.5 Å². The lowest BCUT2D eigenvalue weighted by atomic mass is 9.86. The van der Waals surface area contributed by atoms with E-state index >= 15 is 0 Å². The molecule has 33 heavy (non-hydrogen) atoms. The van der Waals surface area contributed by atoms with Gasteiger partial charge in [-0.05, 0) is 42.5 Å². The van der Waals surface area contributed by atoms with Gasteiger partial charge in [0.1, 0.15) is 6.61 Å². The van der Waals surface area contributed by atoms with Gasteiger partial charge in [0.15, 0.2) is 6.04 Å². The van der Waals surface area contributed by atoms with Crippen LogP contribution in [0.4, 0.5) is 4.79 Å². The summed E-state index contributed by atoms with van der Waals surface area (Å²) in [5.74, 6) is -1.98. The molecule has 2 aromatic rings. The molecule has 0 spiro atoms. The molecule has 4 N–H and O–H groups in total. The number of carboxylic acids is 1. The molecule has 3 atom stereocenters. The molecule has 2 amide bonds. The van der Waals surface area contributed by atoms with Gasteiger partial charge in [-0.3, -0.25) is 4.79 Å². The van der Waals surface area contributed by atoms with E-state index in [-0.39, 0.29) is 19.1 Å². The lowest BCUT2D eigenvalue weighted by Gasteiger charge is -2.29. The van der Waals surface area contributed by atoms with Crippen LogP contribution >= 0.6 is 0 Å². The van der Waals surface area contributed by atoms with Gasteiger partial charge in [-0.25, -0.2) is 9.59 Å². The Morgan fingerprint density at radius 3 is 2.09 bits per heavy atom. The largest absolute Gasteiger partial charge is 0.480 e. The number of carboxylic acid groups (broad SMARTS) is 1. The van der Waals surface area contributed by atoms with E-state index in [0.717, 1.165) is 22.3 Å². The predicted molar refractivity (Wildman–Crippen MR) is 123 cm³/mol. The second kappa shape index (κ2) is 10.0. The first-order valence-corrected chi connectivity index (χ1v) is 11.0. The Labute approximate surface area is 193 Å². The monoisotopic (exact) mass is 454 g/mol. The molecule has 2 aromatic carbocycles. The maximum absolute atomic E-state index is 12.7. The number of carbonyl (C=O) groups excluding carboxylic acids is 2. The average Bonchev–Trinajstić information content (AvgIpc) is 3.12. The molecule has 0 aliphatic heterocycles. The molecule has 0 radical (unpaired) electrons. The van der Waals surface area contributed by atoms with E-state index in [1.165, 1.54) is 6.92 Å². The number of fused-ring (bicyclic) bond motifs is 3. The second-order valence-electron chi connectivity index (χ2n) is 8.62. The van der Waals surface area contributed by atoms with Crippen molar-refractivity contribution in [3.8, 4) is 11.1 Å². The Hall–Kier alpha value is -3.39. The highest BCUT2D eigenvalue weighted by molar-refractivity contribution is 5.88. The third kappa shape index (κ3) is 5.17. The molecule has 3 unspecified atom stereocenters. The first kappa shape index (κ1) is 24.3. The summed E-state index contributed by atoms with van der Waals surface area (Å²) in [6, 6.07) is 14.6. The fourth-order valence-electron chi connectivity index (χ4n) is 3.99. The minimum atomic E-state index is -1.43. The van der Waals surface area contributed by atoms with E-state index < -0.39 is 35.5 Å². The highest BCUT2D eigenvalue weighted by Gasteiger charge is 2.36. The molecule has 0 saturated carbocycles. The summed E-state index contributed by atoms with van der Waals surface area (Å²) in [4.78, 5) is 36.4. The highest BCUT2D eigenvalue weighted by atomic mass is 16.5. The molecular formula is C25H30N2O6. The summed E-state index contributed by atoms with van der Waals surface area (Å²) in [5.41, 5.74) is 3.38. The highest BCUT2D eigenvalue weighted by Crippen LogP contribution is 2.44. The number of aliphatic carboxylic acids is 1. The number of hydrogen-bond donors (Lipinski definition) is 4. The zero-order chi connectivity index (χ0) is 24.2. The molecule has 8 nitrogen and oxygen atoms in total. The van der Waals surface area contributed by atoms with Crippen LogP contribution in [0.15, 0.2) is 48.5 Å². The van der Waals surface area contributed by atoms with Crippen LogP contribution in [-0.4, -0.2) is 53.5 Å². The minimum Gasteiger partial charge on any atom is -0.480 e. The molecule has 0 fully saturated rings. The van der Waals surface area contributed by atoms with Crippen molar-refractivity contribution >= 4 is 18.0 Å². The summed E-state index contributed by atoms with van der Waals surface area (Å²) < 4.78 is 5.50. The van der Waals surface area contributed by atoms with Crippen molar-refractivity contribution in [2.24, 2.45) is 5.41 Å². The van der Waals surface area contributed by atoms with Gasteiger partial charge in [-0.2, -0.15) is 0 Å². The second-order valence-corrected chi connectivity index (χ2v) is 8.62. The summed E-state index contributed by atoms with van der Waals surface area (Å²) in [5, 5.41) is 23.8. The van der Waals surface area contributed by atoms with Gasteiger partial charge in [-0.15, -0.1) is 0 Å². The third-order valence-corrected chi connectivity index (χ3v) is 6.33. The van der Waals surface area contributed by atoms with Gasteiger partial charge in [-0.1, -0.05) is 55.5 Å². The van der Waals surface area contributed by atoms with Crippen LogP contribution in [0.25, 0.3) is 11.1 Å². The average molecular weight is 455 g/mol. The van der Waals surface area contributed by atoms with Gasteiger partial charge in [0, 0.05) is 12.5 Å². The number of nitrogens with one attached hydrogen (secondary N) is 2. The van der Waals surface area contributed by atoms with Crippen LogP contribution < -0.4 is 10.6 Å². The van der Waals surface area contributed by atoms with Gasteiger partial charge < -0.3 is 25.6 Å². The summed E-state index contributed by atoms with van der Waals surface area (Å²) >= 11 is 0. The van der Waals surface area contributed by atoms with Crippen LogP contribution in [0.1, 0.15) is 44.2 Å². The van der Waals surface area contributed by atoms with E-state index in [4.69, 9.17) is 4.74 Å². The summed E-state index contributed by atoms with van der Waals surface area (Å²) in [6.45, 7) is 4.78. The molecule has 1 aliphatic carbocycles. The van der Waals surface area contributed by atoms with E-state index in [1.807, 2.05) is 36.4 Å². The molecule has 0 bridgehead atoms. The van der Waals surface area contributed by atoms with Crippen LogP contribution in [-0.2, 0) is 14.3 Å². The number of benzene rings is 2. The van der Waals surface area contributed by atoms with Gasteiger partial charge in [0.2, 0.25) is 5.91 Å². The Bertz CT molecular complexity index is 992. The number of aliphatic hydroxyl groups is 1. The van der Waals surface area contributed by atoms with Crippen molar-refractivity contribution in [2.75, 3.05) is 13.2 Å². The Kier molecular flexibility index (Phi) is 7.38. The number of aliphatic hydroxyl groups excluding tert-OH is 1. The van der Waals surface area contributed by atoms with E-state index in [2.05, 4.69) is 22.8 Å². The lowest BCUT2D eigenvalue weighted by molar-refractivity contribution is -0.146. The number of alkyl carbamates (subject to hydrolysis) is 1. The molecule has 0 aromatic heterocycles. The van der Waals surface area contributed by atoms with Crippen LogP contribution in [0.3, 0.4) is 0 Å². The van der Waals surface area contributed by atoms with Crippen LogP contribution in [0.2, 0.25) is 0 Å². The van der Waals surface area contributed by atoms with Crippen molar-refractivity contribution in [1.29, 1.82) is 0 Å². The first-order chi connectivity index (χ1) is 15.7. The number of carbonyl (C=O) groups is 3. The first-order valence-electron chi connectivity index (χ1n) is 11.0. The van der Waals surface area contributed by atoms with E-state index in [9.17, 15) is 24.6 Å². The van der Waals surface area contributed by atoms with E-state index in [0.29, 0.717) is 6.42 Å². The quantitative estimate of drug-likeness (QED) is 0.462. The fourth-order valence-corrected chi connectivity index (χ4v) is 3.99. The SMILES string of the molecule is CCC(C)(CNC(=O)OCC1c2ccccc2-c2ccccc21)C(=O)NC(C(=O)O)C(C)O. The normalized spacial score (nSPS) is 16.0. The van der Waals surface area contributed by atoms with Crippen molar-refractivity contribution in [1.82, 2.24) is 10.6 Å². The molecule has 3 rings (SSSR count). The Morgan fingerprint density at radius 2 is 1.61 bits per heavy atom. The lowest BCUT2D eigenvalue weighted by Crippen LogP contribution is -2.54. The molecular weight excluding hydrogens is 424 g/mol. The minimum absolute atomic E-state index is 0.0435. The summed E-state index contributed by atoms with van der Waals surface area (Å²) in [7, 11) is 0. The van der Waals surface area contributed by atoms with Crippen molar-refractivity contribution in [3.63, 3.8) is 0 Å². The molecule has 0 saturated heterocycles. The zero-order valence-corrected chi connectivity index (χ0v) is 19.0. The molecule has 8 heteroatoms. The maximum atomic E-state index is 12.7. The Balaban J connectivity index is 1.61.